The van der Waals surface area contributed by atoms with Gasteiger partial charge < -0.3 is 5.73 Å². The number of hydrogen-bond acceptors (Lipinski definition) is 1. The summed E-state index contributed by atoms with van der Waals surface area (Å²) < 4.78 is 27.5. The zero-order valence-corrected chi connectivity index (χ0v) is 8.82. The lowest BCUT2D eigenvalue weighted by Crippen LogP contribution is -2.14. The van der Waals surface area contributed by atoms with E-state index in [1.54, 1.807) is 6.92 Å². The Morgan fingerprint density at radius 2 is 2.07 bits per heavy atom. The third kappa shape index (κ3) is 1.76. The maximum absolute atomic E-state index is 13.8. The fourth-order valence-corrected chi connectivity index (χ4v) is 2.27. The van der Waals surface area contributed by atoms with Crippen molar-refractivity contribution in [1.82, 2.24) is 0 Å². The zero-order chi connectivity index (χ0) is 11.0. The predicted molar refractivity (Wildman–Crippen MR) is 55.6 cm³/mol. The molecule has 0 saturated carbocycles. The first kappa shape index (κ1) is 10.6. The largest absolute Gasteiger partial charge is 0.324 e. The Kier molecular flexibility index (Phi) is 2.74. The molecule has 0 spiro atoms. The molecule has 0 fully saturated rings. The number of aryl methyl sites for hydroxylation is 1. The van der Waals surface area contributed by atoms with Crippen LogP contribution in [0.5, 0.6) is 0 Å². The monoisotopic (exact) mass is 211 g/mol. The van der Waals surface area contributed by atoms with Crippen LogP contribution in [-0.2, 0) is 6.42 Å². The summed E-state index contributed by atoms with van der Waals surface area (Å²) in [6, 6.07) is 0.920. The zero-order valence-electron chi connectivity index (χ0n) is 8.82. The maximum Gasteiger partial charge on any atom is 0.131 e. The number of benzene rings is 1. The average molecular weight is 211 g/mol. The van der Waals surface area contributed by atoms with Gasteiger partial charge in [0.05, 0.1) is 0 Å². The topological polar surface area (TPSA) is 26.0 Å². The Hall–Kier alpha value is -0.960. The van der Waals surface area contributed by atoms with Crippen LogP contribution < -0.4 is 5.73 Å². The summed E-state index contributed by atoms with van der Waals surface area (Å²) in [7, 11) is 0. The summed E-state index contributed by atoms with van der Waals surface area (Å²) in [5, 5.41) is 0. The van der Waals surface area contributed by atoms with Gasteiger partial charge in [0.15, 0.2) is 0 Å². The predicted octanol–water partition coefficient (Wildman–Crippen LogP) is 3.00. The fourth-order valence-electron chi connectivity index (χ4n) is 2.27. The van der Waals surface area contributed by atoms with Gasteiger partial charge in [-0.05, 0) is 43.4 Å². The van der Waals surface area contributed by atoms with Crippen molar-refractivity contribution in [2.24, 2.45) is 5.73 Å². The van der Waals surface area contributed by atoms with E-state index in [4.69, 9.17) is 5.73 Å². The molecule has 0 bridgehead atoms. The van der Waals surface area contributed by atoms with Gasteiger partial charge in [-0.1, -0.05) is 6.42 Å². The van der Waals surface area contributed by atoms with Crippen LogP contribution in [0, 0.1) is 18.6 Å². The van der Waals surface area contributed by atoms with E-state index >= 15 is 0 Å². The van der Waals surface area contributed by atoms with Crippen molar-refractivity contribution in [3.8, 4) is 0 Å². The van der Waals surface area contributed by atoms with Crippen LogP contribution in [-0.4, -0.2) is 0 Å². The van der Waals surface area contributed by atoms with Crippen molar-refractivity contribution in [2.75, 3.05) is 0 Å². The first-order chi connectivity index (χ1) is 7.11. The van der Waals surface area contributed by atoms with Crippen molar-refractivity contribution in [3.05, 3.63) is 34.4 Å². The van der Waals surface area contributed by atoms with Crippen molar-refractivity contribution in [3.63, 3.8) is 0 Å². The van der Waals surface area contributed by atoms with Gasteiger partial charge in [-0.15, -0.1) is 0 Å². The molecule has 15 heavy (non-hydrogen) atoms. The highest BCUT2D eigenvalue weighted by molar-refractivity contribution is 5.37. The molecule has 0 saturated heterocycles. The molecule has 1 aromatic carbocycles. The Labute approximate surface area is 88.3 Å². The minimum absolute atomic E-state index is 0.304. The van der Waals surface area contributed by atoms with Crippen molar-refractivity contribution < 1.29 is 8.78 Å². The lowest BCUT2D eigenvalue weighted by Gasteiger charge is -2.15. The second-order valence-electron chi connectivity index (χ2n) is 4.23. The molecule has 2 N–H and O–H groups in total. The van der Waals surface area contributed by atoms with Crippen LogP contribution in [0.1, 0.15) is 42.0 Å². The van der Waals surface area contributed by atoms with Gasteiger partial charge >= 0.3 is 0 Å². The van der Waals surface area contributed by atoms with Gasteiger partial charge in [-0.2, -0.15) is 0 Å². The number of hydrogen-bond donors (Lipinski definition) is 1. The first-order valence-corrected chi connectivity index (χ1v) is 5.34. The van der Waals surface area contributed by atoms with Gasteiger partial charge in [0, 0.05) is 11.6 Å². The first-order valence-electron chi connectivity index (χ1n) is 5.34. The Balaban J connectivity index is 2.63. The molecule has 82 valence electrons. The standard InChI is InChI=1S/C12H15F2N/c1-7-6-9(13)8-4-2-3-5-10(15)11(8)12(7)14/h6,10H,2-5,15H2,1H3/t10-/m0/s1. The Morgan fingerprint density at radius 1 is 1.33 bits per heavy atom. The normalized spacial score (nSPS) is 20.9. The minimum atomic E-state index is -0.350. The van der Waals surface area contributed by atoms with Crippen molar-refractivity contribution >= 4 is 0 Å². The molecule has 1 atom stereocenters. The molecule has 1 aliphatic rings. The van der Waals surface area contributed by atoms with E-state index in [0.717, 1.165) is 19.3 Å². The molecule has 1 nitrogen and oxygen atoms in total. The molecule has 0 unspecified atom stereocenters. The van der Waals surface area contributed by atoms with Gasteiger partial charge in [-0.25, -0.2) is 8.78 Å². The summed E-state index contributed by atoms with van der Waals surface area (Å²) in [4.78, 5) is 0. The van der Waals surface area contributed by atoms with E-state index in [1.165, 1.54) is 6.07 Å². The van der Waals surface area contributed by atoms with E-state index < -0.39 is 0 Å². The molecular formula is C12H15F2N. The fraction of sp³-hybridized carbons (Fsp3) is 0.500. The van der Waals surface area contributed by atoms with Crippen molar-refractivity contribution in [1.29, 1.82) is 0 Å². The molecule has 2 rings (SSSR count). The van der Waals surface area contributed by atoms with Crippen LogP contribution >= 0.6 is 0 Å². The minimum Gasteiger partial charge on any atom is -0.324 e. The number of nitrogens with two attached hydrogens (primary N) is 1. The Morgan fingerprint density at radius 3 is 2.80 bits per heavy atom. The summed E-state index contributed by atoms with van der Waals surface area (Å²) >= 11 is 0. The van der Waals surface area contributed by atoms with E-state index in [9.17, 15) is 8.78 Å². The molecule has 1 aromatic rings. The summed E-state index contributed by atoms with van der Waals surface area (Å²) in [6.07, 6.45) is 3.17. The average Bonchev–Trinajstić information content (AvgIpc) is 2.37. The van der Waals surface area contributed by atoms with Crippen LogP contribution in [0.4, 0.5) is 8.78 Å². The van der Waals surface area contributed by atoms with Gasteiger partial charge in [0.1, 0.15) is 11.6 Å². The van der Waals surface area contributed by atoms with Crippen LogP contribution in [0.15, 0.2) is 6.07 Å². The van der Waals surface area contributed by atoms with E-state index in [2.05, 4.69) is 0 Å². The van der Waals surface area contributed by atoms with Crippen LogP contribution in [0.25, 0.3) is 0 Å². The lowest BCUT2D eigenvalue weighted by molar-refractivity contribution is 0.541. The van der Waals surface area contributed by atoms with Gasteiger partial charge in [0.25, 0.3) is 0 Å². The number of fused-ring (bicyclic) bond motifs is 1. The van der Waals surface area contributed by atoms with Crippen molar-refractivity contribution in [2.45, 2.75) is 38.6 Å². The van der Waals surface area contributed by atoms with Gasteiger partial charge in [-0.3, -0.25) is 0 Å². The molecule has 0 radical (unpaired) electrons. The maximum atomic E-state index is 13.8. The van der Waals surface area contributed by atoms with E-state index in [0.29, 0.717) is 23.1 Å². The molecule has 0 amide bonds. The second kappa shape index (κ2) is 3.89. The highest BCUT2D eigenvalue weighted by Gasteiger charge is 2.23. The Bertz CT molecular complexity index is 388. The SMILES string of the molecule is Cc1cc(F)c2c(c1F)[C@@H](N)CCCC2. The van der Waals surface area contributed by atoms with Crippen LogP contribution in [0.3, 0.4) is 0 Å². The molecule has 0 aliphatic heterocycles. The third-order valence-corrected chi connectivity index (χ3v) is 3.10. The van der Waals surface area contributed by atoms with Crippen LogP contribution in [0.2, 0.25) is 0 Å². The molecule has 3 heteroatoms. The molecule has 0 heterocycles. The molecule has 0 aromatic heterocycles. The highest BCUT2D eigenvalue weighted by Crippen LogP contribution is 2.32. The number of rotatable bonds is 0. The lowest BCUT2D eigenvalue weighted by atomic mass is 9.96. The third-order valence-electron chi connectivity index (χ3n) is 3.10. The number of halogens is 2. The summed E-state index contributed by atoms with van der Waals surface area (Å²) in [6.45, 7) is 1.58. The van der Waals surface area contributed by atoms with E-state index in [-0.39, 0.29) is 17.7 Å². The van der Waals surface area contributed by atoms with Gasteiger partial charge in [0.2, 0.25) is 0 Å². The smallest absolute Gasteiger partial charge is 0.131 e. The summed E-state index contributed by atoms with van der Waals surface area (Å²) in [5.41, 5.74) is 7.13. The quantitative estimate of drug-likeness (QED) is 0.656. The summed E-state index contributed by atoms with van der Waals surface area (Å²) in [5.74, 6) is -0.623. The van der Waals surface area contributed by atoms with E-state index in [1.807, 2.05) is 0 Å². The molecular weight excluding hydrogens is 196 g/mol. The molecule has 1 aliphatic carbocycles. The second-order valence-corrected chi connectivity index (χ2v) is 4.23. The highest BCUT2D eigenvalue weighted by atomic mass is 19.1.